The first-order chi connectivity index (χ1) is 13.7. The van der Waals surface area contributed by atoms with Gasteiger partial charge in [-0.1, -0.05) is 12.1 Å². The number of nitrogens with one attached hydrogen (secondary N) is 1. The summed E-state index contributed by atoms with van der Waals surface area (Å²) in [6.45, 7) is 9.77. The molecule has 2 rings (SSSR count). The number of esters is 1. The molecular formula is C22H34N2O5. The Morgan fingerprint density at radius 1 is 1.24 bits per heavy atom. The molecule has 0 bridgehead atoms. The van der Waals surface area contributed by atoms with Crippen molar-refractivity contribution in [2.24, 2.45) is 0 Å². The Balaban J connectivity index is 1.75. The Kier molecular flexibility index (Phi) is 9.07. The van der Waals surface area contributed by atoms with E-state index in [1.807, 2.05) is 12.1 Å². The van der Waals surface area contributed by atoms with Crippen molar-refractivity contribution >= 4 is 17.6 Å². The molecule has 0 aromatic heterocycles. The van der Waals surface area contributed by atoms with Crippen LogP contribution < -0.4 is 5.32 Å². The van der Waals surface area contributed by atoms with Gasteiger partial charge in [-0.15, -0.1) is 0 Å². The second-order valence-electron chi connectivity index (χ2n) is 8.37. The molecule has 0 radical (unpaired) electrons. The summed E-state index contributed by atoms with van der Waals surface area (Å²) in [7, 11) is 0. The van der Waals surface area contributed by atoms with E-state index in [0.717, 1.165) is 44.8 Å². The highest BCUT2D eigenvalue weighted by Gasteiger charge is 2.17. The normalized spacial score (nSPS) is 16.3. The van der Waals surface area contributed by atoms with Gasteiger partial charge in [0.1, 0.15) is 5.60 Å². The number of benzene rings is 1. The highest BCUT2D eigenvalue weighted by atomic mass is 16.6. The topological polar surface area (TPSA) is 88.1 Å². The first kappa shape index (κ1) is 23.3. The second-order valence-corrected chi connectivity index (χ2v) is 8.37. The van der Waals surface area contributed by atoms with E-state index >= 15 is 0 Å². The molecule has 1 fully saturated rings. The fourth-order valence-electron chi connectivity index (χ4n) is 3.15. The van der Waals surface area contributed by atoms with E-state index in [4.69, 9.17) is 9.47 Å². The number of carbonyl (C=O) groups is 2. The third-order valence-corrected chi connectivity index (χ3v) is 4.59. The van der Waals surface area contributed by atoms with Crippen LogP contribution in [0.25, 0.3) is 0 Å². The Labute approximate surface area is 173 Å². The van der Waals surface area contributed by atoms with E-state index in [2.05, 4.69) is 10.2 Å². The van der Waals surface area contributed by atoms with Gasteiger partial charge >= 0.3 is 5.97 Å². The average molecular weight is 407 g/mol. The maximum Gasteiger partial charge on any atom is 0.306 e. The van der Waals surface area contributed by atoms with Gasteiger partial charge in [0, 0.05) is 25.2 Å². The van der Waals surface area contributed by atoms with Crippen molar-refractivity contribution < 1.29 is 24.2 Å². The predicted molar refractivity (Wildman–Crippen MR) is 112 cm³/mol. The molecule has 7 nitrogen and oxygen atoms in total. The Hall–Kier alpha value is -1.96. The summed E-state index contributed by atoms with van der Waals surface area (Å²) in [4.78, 5) is 26.2. The number of aliphatic hydroxyl groups is 1. The van der Waals surface area contributed by atoms with E-state index in [9.17, 15) is 14.7 Å². The van der Waals surface area contributed by atoms with Crippen LogP contribution in [0.5, 0.6) is 0 Å². The lowest BCUT2D eigenvalue weighted by Gasteiger charge is -2.26. The molecule has 1 aromatic carbocycles. The van der Waals surface area contributed by atoms with Crippen molar-refractivity contribution in [2.75, 3.05) is 38.2 Å². The fraction of sp³-hybridized carbons (Fsp3) is 0.636. The number of hydrogen-bond acceptors (Lipinski definition) is 6. The molecule has 2 N–H and O–H groups in total. The van der Waals surface area contributed by atoms with Crippen LogP contribution in [0.2, 0.25) is 0 Å². The van der Waals surface area contributed by atoms with Crippen molar-refractivity contribution in [3.8, 4) is 0 Å². The molecule has 162 valence electrons. The minimum absolute atomic E-state index is 0.0347. The zero-order valence-electron chi connectivity index (χ0n) is 17.8. The van der Waals surface area contributed by atoms with Crippen LogP contribution in [0.15, 0.2) is 24.3 Å². The lowest BCUT2D eigenvalue weighted by molar-refractivity contribution is -0.155. The number of aliphatic hydroxyl groups excluding tert-OH is 1. The summed E-state index contributed by atoms with van der Waals surface area (Å²) in [5.74, 6) is -0.646. The number of carbonyl (C=O) groups excluding carboxylic acids is 2. The number of nitrogens with zero attached hydrogens (tertiary/aromatic N) is 1. The van der Waals surface area contributed by atoms with Crippen molar-refractivity contribution in [3.63, 3.8) is 0 Å². The van der Waals surface area contributed by atoms with Crippen molar-refractivity contribution in [2.45, 2.75) is 58.2 Å². The van der Waals surface area contributed by atoms with Crippen LogP contribution in [-0.4, -0.2) is 60.3 Å². The summed E-state index contributed by atoms with van der Waals surface area (Å²) in [5.41, 5.74) is 0.834. The third kappa shape index (κ3) is 9.39. The SMILES string of the molecule is CC(C)(C)OC(=O)CCC(=O)Nc1cccc([C@H](O)CCCN2CCOCC2)c1. The standard InChI is InChI=1S/C22H34N2O5/c1-22(2,3)29-21(27)10-9-20(26)23-18-7-4-6-17(16-18)19(25)8-5-11-24-12-14-28-15-13-24/h4,6-7,16,19,25H,5,8-15H2,1-3H3,(H,23,26)/t19-/m1/s1. The molecule has 1 aromatic rings. The van der Waals surface area contributed by atoms with Gasteiger partial charge in [-0.3, -0.25) is 14.5 Å². The molecule has 1 saturated heterocycles. The number of anilines is 1. The Bertz CT molecular complexity index is 665. The fourth-order valence-corrected chi connectivity index (χ4v) is 3.15. The summed E-state index contributed by atoms with van der Waals surface area (Å²) >= 11 is 0. The maximum absolute atomic E-state index is 12.1. The van der Waals surface area contributed by atoms with Gasteiger partial charge in [-0.05, 0) is 57.9 Å². The quantitative estimate of drug-likeness (QED) is 0.613. The van der Waals surface area contributed by atoms with Gasteiger partial charge in [-0.2, -0.15) is 0 Å². The first-order valence-electron chi connectivity index (χ1n) is 10.3. The molecule has 1 atom stereocenters. The van der Waals surface area contributed by atoms with Crippen molar-refractivity contribution in [1.82, 2.24) is 4.90 Å². The first-order valence-corrected chi connectivity index (χ1v) is 10.3. The van der Waals surface area contributed by atoms with Crippen molar-refractivity contribution in [1.29, 1.82) is 0 Å². The van der Waals surface area contributed by atoms with Crippen LogP contribution in [0.4, 0.5) is 5.69 Å². The zero-order chi connectivity index (χ0) is 21.3. The van der Waals surface area contributed by atoms with Gasteiger partial charge in [0.25, 0.3) is 0 Å². The molecule has 7 heteroatoms. The number of rotatable bonds is 9. The number of morpholine rings is 1. The van der Waals surface area contributed by atoms with E-state index in [1.165, 1.54) is 0 Å². The van der Waals surface area contributed by atoms with E-state index in [1.54, 1.807) is 32.9 Å². The van der Waals surface area contributed by atoms with Crippen LogP contribution in [0.3, 0.4) is 0 Å². The molecule has 1 aliphatic heterocycles. The number of hydrogen-bond donors (Lipinski definition) is 2. The molecule has 1 amide bonds. The highest BCUT2D eigenvalue weighted by Crippen LogP contribution is 2.22. The van der Waals surface area contributed by atoms with Gasteiger partial charge in [0.05, 0.1) is 25.7 Å². The average Bonchev–Trinajstić information content (AvgIpc) is 2.66. The van der Waals surface area contributed by atoms with Crippen LogP contribution in [-0.2, 0) is 19.1 Å². The number of amides is 1. The van der Waals surface area contributed by atoms with Gasteiger partial charge < -0.3 is 19.9 Å². The summed E-state index contributed by atoms with van der Waals surface area (Å²) < 4.78 is 10.5. The summed E-state index contributed by atoms with van der Waals surface area (Å²) in [6, 6.07) is 7.22. The lowest BCUT2D eigenvalue weighted by Crippen LogP contribution is -2.36. The van der Waals surface area contributed by atoms with Crippen LogP contribution in [0.1, 0.15) is 58.1 Å². The summed E-state index contributed by atoms with van der Waals surface area (Å²) in [6.07, 6.45) is 1.07. The van der Waals surface area contributed by atoms with E-state index in [-0.39, 0.29) is 18.7 Å². The summed E-state index contributed by atoms with van der Waals surface area (Å²) in [5, 5.41) is 13.3. The number of ether oxygens (including phenoxy) is 2. The molecule has 0 unspecified atom stereocenters. The monoisotopic (exact) mass is 406 g/mol. The van der Waals surface area contributed by atoms with Crippen LogP contribution in [0, 0.1) is 0 Å². The molecular weight excluding hydrogens is 372 g/mol. The Morgan fingerprint density at radius 2 is 1.97 bits per heavy atom. The molecule has 1 aliphatic rings. The van der Waals surface area contributed by atoms with Gasteiger partial charge in [-0.25, -0.2) is 0 Å². The minimum Gasteiger partial charge on any atom is -0.460 e. The third-order valence-electron chi connectivity index (χ3n) is 4.59. The molecule has 29 heavy (non-hydrogen) atoms. The lowest BCUT2D eigenvalue weighted by atomic mass is 10.0. The van der Waals surface area contributed by atoms with Crippen LogP contribution >= 0.6 is 0 Å². The second kappa shape index (κ2) is 11.3. The molecule has 0 spiro atoms. The van der Waals surface area contributed by atoms with E-state index in [0.29, 0.717) is 12.1 Å². The molecule has 1 heterocycles. The molecule has 0 aliphatic carbocycles. The maximum atomic E-state index is 12.1. The van der Waals surface area contributed by atoms with Crippen molar-refractivity contribution in [3.05, 3.63) is 29.8 Å². The largest absolute Gasteiger partial charge is 0.460 e. The van der Waals surface area contributed by atoms with Gasteiger partial charge in [0.2, 0.25) is 5.91 Å². The van der Waals surface area contributed by atoms with Gasteiger partial charge in [0.15, 0.2) is 0 Å². The minimum atomic E-state index is -0.574. The van der Waals surface area contributed by atoms with E-state index < -0.39 is 17.7 Å². The predicted octanol–water partition coefficient (Wildman–Crippen LogP) is 2.89. The Morgan fingerprint density at radius 3 is 2.66 bits per heavy atom. The highest BCUT2D eigenvalue weighted by molar-refractivity contribution is 5.92. The zero-order valence-corrected chi connectivity index (χ0v) is 17.8. The molecule has 0 saturated carbocycles. The smallest absolute Gasteiger partial charge is 0.306 e.